The van der Waals surface area contributed by atoms with Crippen LogP contribution in [-0.2, 0) is 4.79 Å². The quantitative estimate of drug-likeness (QED) is 0.477. The van der Waals surface area contributed by atoms with Crippen molar-refractivity contribution in [2.75, 3.05) is 41.8 Å². The van der Waals surface area contributed by atoms with Crippen molar-refractivity contribution in [2.24, 2.45) is 0 Å². The van der Waals surface area contributed by atoms with Crippen molar-refractivity contribution in [1.29, 1.82) is 5.26 Å². The number of rotatable bonds is 7. The van der Waals surface area contributed by atoms with E-state index in [0.717, 1.165) is 41.3 Å². The number of hydrogen-bond acceptors (Lipinski definition) is 5. The number of carbonyl (C=O) groups excluding carboxylic acids is 1. The van der Waals surface area contributed by atoms with Crippen LogP contribution in [-0.4, -0.2) is 37.6 Å². The molecule has 0 spiro atoms. The molecule has 1 N–H and O–H groups in total. The second-order valence-electron chi connectivity index (χ2n) is 7.87. The Morgan fingerprint density at radius 2 is 2.00 bits per heavy atom. The lowest BCUT2D eigenvalue weighted by atomic mass is 10.0. The standard InChI is InChI=1S/C25H23Cl2N5O/c1-31(12-10-29-24-9-4-17(15-28)16-30-24)19-6-8-23(32-11-2-3-25(32)33)21(14-19)20-7-5-18(26)13-22(20)27/h4-9,13-14,16H,2-3,10-12H2,1H3,(H,29,30). The number of pyridine rings is 1. The molecule has 33 heavy (non-hydrogen) atoms. The van der Waals surface area contributed by atoms with E-state index in [1.807, 2.05) is 36.2 Å². The molecule has 2 heterocycles. The molecule has 3 aromatic rings. The zero-order chi connectivity index (χ0) is 23.4. The van der Waals surface area contributed by atoms with Gasteiger partial charge in [0.25, 0.3) is 0 Å². The first kappa shape index (κ1) is 22.9. The fourth-order valence-corrected chi connectivity index (χ4v) is 4.38. The Balaban J connectivity index is 1.56. The molecular weight excluding hydrogens is 457 g/mol. The number of amides is 1. The van der Waals surface area contributed by atoms with Gasteiger partial charge in [0.15, 0.2) is 0 Å². The number of aromatic nitrogens is 1. The molecule has 8 heteroatoms. The Morgan fingerprint density at radius 3 is 2.67 bits per heavy atom. The first-order valence-corrected chi connectivity index (χ1v) is 11.4. The van der Waals surface area contributed by atoms with Crippen molar-refractivity contribution in [3.05, 3.63) is 70.3 Å². The molecule has 4 rings (SSSR count). The monoisotopic (exact) mass is 479 g/mol. The average molecular weight is 480 g/mol. The molecular formula is C25H23Cl2N5O. The second kappa shape index (κ2) is 10.1. The summed E-state index contributed by atoms with van der Waals surface area (Å²) in [5.74, 6) is 0.848. The minimum Gasteiger partial charge on any atom is -0.373 e. The van der Waals surface area contributed by atoms with Crippen molar-refractivity contribution in [3.63, 3.8) is 0 Å². The summed E-state index contributed by atoms with van der Waals surface area (Å²) < 4.78 is 0. The summed E-state index contributed by atoms with van der Waals surface area (Å²) in [7, 11) is 2.01. The second-order valence-corrected chi connectivity index (χ2v) is 8.71. The van der Waals surface area contributed by atoms with Gasteiger partial charge in [-0.05, 0) is 48.9 Å². The molecule has 0 bridgehead atoms. The van der Waals surface area contributed by atoms with Crippen molar-refractivity contribution in [1.82, 2.24) is 4.98 Å². The fourth-order valence-electron chi connectivity index (χ4n) is 3.87. The molecule has 0 atom stereocenters. The van der Waals surface area contributed by atoms with Gasteiger partial charge in [0, 0.05) is 66.2 Å². The third kappa shape index (κ3) is 5.22. The molecule has 0 radical (unpaired) electrons. The molecule has 1 fully saturated rings. The zero-order valence-corrected chi connectivity index (χ0v) is 19.7. The van der Waals surface area contributed by atoms with Crippen LogP contribution >= 0.6 is 23.2 Å². The highest BCUT2D eigenvalue weighted by Crippen LogP contribution is 2.40. The van der Waals surface area contributed by atoms with Crippen LogP contribution in [0.3, 0.4) is 0 Å². The van der Waals surface area contributed by atoms with E-state index >= 15 is 0 Å². The largest absolute Gasteiger partial charge is 0.373 e. The molecule has 0 saturated carbocycles. The number of hydrogen-bond donors (Lipinski definition) is 1. The van der Waals surface area contributed by atoms with E-state index in [-0.39, 0.29) is 5.91 Å². The molecule has 1 amide bonds. The van der Waals surface area contributed by atoms with Crippen LogP contribution in [0.5, 0.6) is 0 Å². The fraction of sp³-hybridized carbons (Fsp3) is 0.240. The van der Waals surface area contributed by atoms with Crippen LogP contribution in [0.25, 0.3) is 11.1 Å². The molecule has 168 valence electrons. The topological polar surface area (TPSA) is 72.3 Å². The molecule has 0 unspecified atom stereocenters. The number of likely N-dealkylation sites (N-methyl/N-ethyl adjacent to an activating group) is 1. The van der Waals surface area contributed by atoms with Crippen molar-refractivity contribution in [3.8, 4) is 17.2 Å². The summed E-state index contributed by atoms with van der Waals surface area (Å²) >= 11 is 12.7. The van der Waals surface area contributed by atoms with E-state index in [9.17, 15) is 4.79 Å². The minimum atomic E-state index is 0.126. The van der Waals surface area contributed by atoms with E-state index in [1.54, 1.807) is 24.4 Å². The number of anilines is 3. The molecule has 1 aliphatic heterocycles. The normalized spacial score (nSPS) is 13.2. The number of carbonyl (C=O) groups is 1. The lowest BCUT2D eigenvalue weighted by Crippen LogP contribution is -2.26. The van der Waals surface area contributed by atoms with E-state index in [1.165, 1.54) is 0 Å². The minimum absolute atomic E-state index is 0.126. The smallest absolute Gasteiger partial charge is 0.227 e. The average Bonchev–Trinajstić information content (AvgIpc) is 3.24. The Morgan fingerprint density at radius 1 is 1.15 bits per heavy atom. The molecule has 1 aliphatic rings. The predicted molar refractivity (Wildman–Crippen MR) is 134 cm³/mol. The van der Waals surface area contributed by atoms with Gasteiger partial charge >= 0.3 is 0 Å². The van der Waals surface area contributed by atoms with E-state index in [0.29, 0.717) is 35.1 Å². The summed E-state index contributed by atoms with van der Waals surface area (Å²) in [6, 6.07) is 17.1. The van der Waals surface area contributed by atoms with Gasteiger partial charge in [-0.25, -0.2) is 4.98 Å². The van der Waals surface area contributed by atoms with Crippen molar-refractivity contribution >= 4 is 46.3 Å². The van der Waals surface area contributed by atoms with Gasteiger partial charge in [0.05, 0.1) is 11.3 Å². The van der Waals surface area contributed by atoms with E-state index in [2.05, 4.69) is 27.3 Å². The molecule has 0 aliphatic carbocycles. The Labute approximate surface area is 203 Å². The van der Waals surface area contributed by atoms with Gasteiger partial charge < -0.3 is 15.1 Å². The van der Waals surface area contributed by atoms with Crippen LogP contribution in [0.15, 0.2) is 54.7 Å². The number of nitrogens with zero attached hydrogens (tertiary/aromatic N) is 4. The molecule has 1 aromatic heterocycles. The van der Waals surface area contributed by atoms with Crippen LogP contribution in [0, 0.1) is 11.3 Å². The Hall–Kier alpha value is -3.27. The van der Waals surface area contributed by atoms with Crippen molar-refractivity contribution in [2.45, 2.75) is 12.8 Å². The number of nitriles is 1. The van der Waals surface area contributed by atoms with E-state index in [4.69, 9.17) is 28.5 Å². The SMILES string of the molecule is CN(CCNc1ccc(C#N)cn1)c1ccc(N2CCCC2=O)c(-c2ccc(Cl)cc2Cl)c1. The third-order valence-electron chi connectivity index (χ3n) is 5.65. The summed E-state index contributed by atoms with van der Waals surface area (Å²) in [6.45, 7) is 2.09. The van der Waals surface area contributed by atoms with Crippen LogP contribution < -0.4 is 15.1 Å². The summed E-state index contributed by atoms with van der Waals surface area (Å²) in [5.41, 5.74) is 4.13. The first-order valence-electron chi connectivity index (χ1n) is 10.7. The Kier molecular flexibility index (Phi) is 7.02. The molecule has 2 aromatic carbocycles. The third-order valence-corrected chi connectivity index (χ3v) is 6.20. The van der Waals surface area contributed by atoms with Gasteiger partial charge in [-0.2, -0.15) is 5.26 Å². The van der Waals surface area contributed by atoms with E-state index < -0.39 is 0 Å². The van der Waals surface area contributed by atoms with Crippen LogP contribution in [0.1, 0.15) is 18.4 Å². The number of nitrogens with one attached hydrogen (secondary N) is 1. The maximum Gasteiger partial charge on any atom is 0.227 e. The van der Waals surface area contributed by atoms with Crippen LogP contribution in [0.2, 0.25) is 10.0 Å². The first-order chi connectivity index (χ1) is 16.0. The van der Waals surface area contributed by atoms with Gasteiger partial charge in [0.2, 0.25) is 5.91 Å². The summed E-state index contributed by atoms with van der Waals surface area (Å²) in [5, 5.41) is 13.3. The zero-order valence-electron chi connectivity index (χ0n) is 18.2. The maximum absolute atomic E-state index is 12.5. The molecule has 1 saturated heterocycles. The number of halogens is 2. The van der Waals surface area contributed by atoms with Crippen LogP contribution in [0.4, 0.5) is 17.2 Å². The van der Waals surface area contributed by atoms with Gasteiger partial charge in [0.1, 0.15) is 11.9 Å². The highest BCUT2D eigenvalue weighted by Gasteiger charge is 2.25. The lowest BCUT2D eigenvalue weighted by molar-refractivity contribution is -0.117. The van der Waals surface area contributed by atoms with Gasteiger partial charge in [-0.1, -0.05) is 29.3 Å². The Bertz CT molecular complexity index is 1210. The summed E-state index contributed by atoms with van der Waals surface area (Å²) in [6.07, 6.45) is 2.96. The highest BCUT2D eigenvalue weighted by atomic mass is 35.5. The predicted octanol–water partition coefficient (Wildman–Crippen LogP) is 5.60. The van der Waals surface area contributed by atoms with Crippen molar-refractivity contribution < 1.29 is 4.79 Å². The highest BCUT2D eigenvalue weighted by molar-refractivity contribution is 6.36. The van der Waals surface area contributed by atoms with Gasteiger partial charge in [-0.3, -0.25) is 4.79 Å². The number of benzene rings is 2. The van der Waals surface area contributed by atoms with Gasteiger partial charge in [-0.15, -0.1) is 0 Å². The lowest BCUT2D eigenvalue weighted by Gasteiger charge is -2.25. The summed E-state index contributed by atoms with van der Waals surface area (Å²) in [4.78, 5) is 20.7. The molecule has 6 nitrogen and oxygen atoms in total. The maximum atomic E-state index is 12.5.